The highest BCUT2D eigenvalue weighted by atomic mass is 16.5. The molecule has 0 bridgehead atoms. The van der Waals surface area contributed by atoms with Crippen LogP contribution in [-0.4, -0.2) is 41.6 Å². The molecule has 5 nitrogen and oxygen atoms in total. The molecule has 20 heavy (non-hydrogen) atoms. The van der Waals surface area contributed by atoms with Gasteiger partial charge in [-0.05, 0) is 37.5 Å². The van der Waals surface area contributed by atoms with E-state index in [0.717, 1.165) is 25.9 Å². The number of carboxylic acids is 1. The Morgan fingerprint density at radius 1 is 1.25 bits per heavy atom. The van der Waals surface area contributed by atoms with Crippen LogP contribution in [0, 0.1) is 0 Å². The van der Waals surface area contributed by atoms with Crippen molar-refractivity contribution in [3.05, 3.63) is 29.8 Å². The number of hydrogen-bond acceptors (Lipinski definition) is 3. The summed E-state index contributed by atoms with van der Waals surface area (Å²) in [5, 5.41) is 8.54. The van der Waals surface area contributed by atoms with Crippen molar-refractivity contribution < 1.29 is 19.4 Å². The van der Waals surface area contributed by atoms with Gasteiger partial charge in [-0.2, -0.15) is 0 Å². The van der Waals surface area contributed by atoms with Crippen LogP contribution in [0.1, 0.15) is 36.0 Å². The normalized spacial score (nSPS) is 14.3. The molecule has 0 aliphatic carbocycles. The number of hydrogen-bond donors (Lipinski definition) is 1. The second-order valence-corrected chi connectivity index (χ2v) is 4.87. The summed E-state index contributed by atoms with van der Waals surface area (Å²) in [7, 11) is 0. The number of likely N-dealkylation sites (tertiary alicyclic amines) is 1. The highest BCUT2D eigenvalue weighted by Gasteiger charge is 2.19. The Hall–Kier alpha value is -2.04. The minimum Gasteiger partial charge on any atom is -0.494 e. The number of carbonyl (C=O) groups is 2. The molecule has 0 radical (unpaired) electrons. The van der Waals surface area contributed by atoms with Gasteiger partial charge in [0.05, 0.1) is 6.61 Å². The standard InChI is InChI=1S/C15H19NO4/c17-14(18)7-4-10-20-13-6-3-5-12(11-13)15(19)16-8-1-2-9-16/h3,5-6,11H,1-2,4,7-10H2,(H,17,18). The lowest BCUT2D eigenvalue weighted by Crippen LogP contribution is -2.27. The first-order valence-corrected chi connectivity index (χ1v) is 6.91. The zero-order valence-corrected chi connectivity index (χ0v) is 11.4. The Morgan fingerprint density at radius 3 is 2.70 bits per heavy atom. The first kappa shape index (κ1) is 14.4. The summed E-state index contributed by atoms with van der Waals surface area (Å²) >= 11 is 0. The largest absolute Gasteiger partial charge is 0.494 e. The monoisotopic (exact) mass is 277 g/mol. The lowest BCUT2D eigenvalue weighted by molar-refractivity contribution is -0.137. The van der Waals surface area contributed by atoms with Gasteiger partial charge in [0, 0.05) is 25.1 Å². The van der Waals surface area contributed by atoms with Gasteiger partial charge in [0.25, 0.3) is 5.91 Å². The molecule has 5 heteroatoms. The third kappa shape index (κ3) is 3.98. The van der Waals surface area contributed by atoms with Gasteiger partial charge in [-0.1, -0.05) is 6.07 Å². The molecule has 0 atom stereocenters. The number of carbonyl (C=O) groups excluding carboxylic acids is 1. The topological polar surface area (TPSA) is 66.8 Å². The van der Waals surface area contributed by atoms with Crippen LogP contribution in [0.3, 0.4) is 0 Å². The minimum absolute atomic E-state index is 0.0403. The van der Waals surface area contributed by atoms with E-state index in [1.54, 1.807) is 24.3 Å². The van der Waals surface area contributed by atoms with Crippen LogP contribution in [0.5, 0.6) is 5.75 Å². The predicted molar refractivity (Wildman–Crippen MR) is 73.9 cm³/mol. The maximum Gasteiger partial charge on any atom is 0.303 e. The SMILES string of the molecule is O=C(O)CCCOc1cccc(C(=O)N2CCCC2)c1. The lowest BCUT2D eigenvalue weighted by Gasteiger charge is -2.15. The van der Waals surface area contributed by atoms with E-state index in [4.69, 9.17) is 9.84 Å². The first-order valence-electron chi connectivity index (χ1n) is 6.91. The van der Waals surface area contributed by atoms with E-state index in [0.29, 0.717) is 24.3 Å². The smallest absolute Gasteiger partial charge is 0.303 e. The average Bonchev–Trinajstić information content (AvgIpc) is 2.97. The molecule has 0 saturated carbocycles. The van der Waals surface area contributed by atoms with Gasteiger partial charge < -0.3 is 14.7 Å². The molecule has 1 aromatic carbocycles. The number of amides is 1. The number of rotatable bonds is 6. The molecule has 1 heterocycles. The van der Waals surface area contributed by atoms with Crippen molar-refractivity contribution in [3.8, 4) is 5.75 Å². The van der Waals surface area contributed by atoms with Crippen LogP contribution in [-0.2, 0) is 4.79 Å². The van der Waals surface area contributed by atoms with Crippen molar-refractivity contribution in [2.45, 2.75) is 25.7 Å². The molecule has 0 aromatic heterocycles. The number of benzene rings is 1. The fourth-order valence-electron chi connectivity index (χ4n) is 2.24. The van der Waals surface area contributed by atoms with E-state index in [1.165, 1.54) is 0 Å². The van der Waals surface area contributed by atoms with Gasteiger partial charge in [0.15, 0.2) is 0 Å². The van der Waals surface area contributed by atoms with Crippen LogP contribution >= 0.6 is 0 Å². The zero-order chi connectivity index (χ0) is 14.4. The van der Waals surface area contributed by atoms with Gasteiger partial charge >= 0.3 is 5.97 Å². The molecule has 1 aliphatic heterocycles. The van der Waals surface area contributed by atoms with E-state index < -0.39 is 5.97 Å². The van der Waals surface area contributed by atoms with Crippen LogP contribution in [0.15, 0.2) is 24.3 Å². The second-order valence-electron chi connectivity index (χ2n) is 4.87. The molecule has 1 aromatic rings. The summed E-state index contributed by atoms with van der Waals surface area (Å²) in [6, 6.07) is 7.07. The maximum atomic E-state index is 12.2. The summed E-state index contributed by atoms with van der Waals surface area (Å²) in [4.78, 5) is 24.5. The Balaban J connectivity index is 1.90. The fraction of sp³-hybridized carbons (Fsp3) is 0.467. The maximum absolute atomic E-state index is 12.2. The Morgan fingerprint density at radius 2 is 2.00 bits per heavy atom. The molecule has 1 aliphatic rings. The van der Waals surface area contributed by atoms with Crippen LogP contribution in [0.25, 0.3) is 0 Å². The second kappa shape index (κ2) is 6.93. The first-order chi connectivity index (χ1) is 9.66. The molecule has 1 saturated heterocycles. The minimum atomic E-state index is -0.827. The predicted octanol–water partition coefficient (Wildman–Crippen LogP) is 2.17. The number of nitrogens with zero attached hydrogens (tertiary/aromatic N) is 1. The highest BCUT2D eigenvalue weighted by molar-refractivity contribution is 5.94. The van der Waals surface area contributed by atoms with E-state index in [-0.39, 0.29) is 12.3 Å². The van der Waals surface area contributed by atoms with Crippen molar-refractivity contribution in [1.29, 1.82) is 0 Å². The van der Waals surface area contributed by atoms with Gasteiger partial charge in [0.2, 0.25) is 0 Å². The van der Waals surface area contributed by atoms with Gasteiger partial charge in [-0.3, -0.25) is 9.59 Å². The van der Waals surface area contributed by atoms with Crippen molar-refractivity contribution >= 4 is 11.9 Å². The fourth-order valence-corrected chi connectivity index (χ4v) is 2.24. The quantitative estimate of drug-likeness (QED) is 0.809. The third-order valence-electron chi connectivity index (χ3n) is 3.28. The summed E-state index contributed by atoms with van der Waals surface area (Å²) in [6.45, 7) is 1.98. The van der Waals surface area contributed by atoms with Crippen molar-refractivity contribution in [3.63, 3.8) is 0 Å². The van der Waals surface area contributed by atoms with Gasteiger partial charge in [-0.25, -0.2) is 0 Å². The lowest BCUT2D eigenvalue weighted by atomic mass is 10.2. The molecule has 108 valence electrons. The molecule has 2 rings (SSSR count). The average molecular weight is 277 g/mol. The highest BCUT2D eigenvalue weighted by Crippen LogP contribution is 2.18. The van der Waals surface area contributed by atoms with Crippen LogP contribution in [0.4, 0.5) is 0 Å². The van der Waals surface area contributed by atoms with E-state index >= 15 is 0 Å². The number of ether oxygens (including phenoxy) is 1. The molecule has 1 fully saturated rings. The number of carboxylic acid groups (broad SMARTS) is 1. The molecular formula is C15H19NO4. The van der Waals surface area contributed by atoms with E-state index in [1.807, 2.05) is 4.90 Å². The van der Waals surface area contributed by atoms with Gasteiger partial charge in [-0.15, -0.1) is 0 Å². The number of aliphatic carboxylic acids is 1. The summed E-state index contributed by atoms with van der Waals surface area (Å²) < 4.78 is 5.48. The zero-order valence-electron chi connectivity index (χ0n) is 11.4. The van der Waals surface area contributed by atoms with Crippen LogP contribution < -0.4 is 4.74 Å². The van der Waals surface area contributed by atoms with E-state index in [2.05, 4.69) is 0 Å². The van der Waals surface area contributed by atoms with Crippen molar-refractivity contribution in [1.82, 2.24) is 4.90 Å². The Kier molecular flexibility index (Phi) is 4.98. The molecule has 1 amide bonds. The summed E-state index contributed by atoms with van der Waals surface area (Å²) in [5.74, 6) is -0.175. The summed E-state index contributed by atoms with van der Waals surface area (Å²) in [6.07, 6.45) is 2.68. The molecule has 1 N–H and O–H groups in total. The van der Waals surface area contributed by atoms with Crippen molar-refractivity contribution in [2.24, 2.45) is 0 Å². The van der Waals surface area contributed by atoms with E-state index in [9.17, 15) is 9.59 Å². The molecular weight excluding hydrogens is 258 g/mol. The van der Waals surface area contributed by atoms with Crippen molar-refractivity contribution in [2.75, 3.05) is 19.7 Å². The summed E-state index contributed by atoms with van der Waals surface area (Å²) in [5.41, 5.74) is 0.627. The Labute approximate surface area is 118 Å². The van der Waals surface area contributed by atoms with Crippen LogP contribution in [0.2, 0.25) is 0 Å². The Bertz CT molecular complexity index is 481. The molecule has 0 unspecified atom stereocenters. The van der Waals surface area contributed by atoms with Gasteiger partial charge in [0.1, 0.15) is 5.75 Å². The molecule has 0 spiro atoms. The third-order valence-corrected chi connectivity index (χ3v) is 3.28.